The van der Waals surface area contributed by atoms with Gasteiger partial charge < -0.3 is 0 Å². The van der Waals surface area contributed by atoms with Crippen molar-refractivity contribution in [2.75, 3.05) is 0 Å². The molecular weight excluding hydrogens is 211 g/mol. The van der Waals surface area contributed by atoms with Crippen molar-refractivity contribution in [1.82, 2.24) is 10.4 Å². The van der Waals surface area contributed by atoms with Crippen LogP contribution in [0.5, 0.6) is 0 Å². The molecular formula is C7H14F3N5. The SMILES string of the molecule is C=C(N=C(NN)N(N)C(C)C)C(F)(F)F. The lowest BCUT2D eigenvalue weighted by molar-refractivity contribution is -0.0920. The number of nitrogens with zero attached hydrogens (tertiary/aromatic N) is 2. The molecule has 5 nitrogen and oxygen atoms in total. The zero-order chi connectivity index (χ0) is 12.2. The van der Waals surface area contributed by atoms with Crippen LogP contribution in [0.3, 0.4) is 0 Å². The molecule has 0 radical (unpaired) electrons. The third-order valence-electron chi connectivity index (χ3n) is 1.50. The number of hydrazine groups is 2. The number of rotatable bonds is 2. The number of allylic oxidation sites excluding steroid dienone is 1. The molecule has 0 aliphatic heterocycles. The first-order chi connectivity index (χ1) is 6.70. The van der Waals surface area contributed by atoms with E-state index in [2.05, 4.69) is 11.6 Å². The van der Waals surface area contributed by atoms with Crippen molar-refractivity contribution in [3.05, 3.63) is 12.3 Å². The van der Waals surface area contributed by atoms with Crippen LogP contribution in [-0.2, 0) is 0 Å². The molecule has 0 fully saturated rings. The van der Waals surface area contributed by atoms with Gasteiger partial charge in [0.25, 0.3) is 0 Å². The molecule has 0 unspecified atom stereocenters. The third-order valence-corrected chi connectivity index (χ3v) is 1.50. The molecule has 0 saturated carbocycles. The molecule has 0 aliphatic carbocycles. The summed E-state index contributed by atoms with van der Waals surface area (Å²) in [7, 11) is 0. The fourth-order valence-electron chi connectivity index (χ4n) is 0.600. The molecule has 15 heavy (non-hydrogen) atoms. The summed E-state index contributed by atoms with van der Waals surface area (Å²) in [4.78, 5) is 3.15. The smallest absolute Gasteiger partial charge is 0.293 e. The van der Waals surface area contributed by atoms with Gasteiger partial charge in [-0.25, -0.2) is 16.7 Å². The fraction of sp³-hybridized carbons (Fsp3) is 0.571. The Morgan fingerprint density at radius 1 is 1.47 bits per heavy atom. The average Bonchev–Trinajstić information content (AvgIpc) is 2.10. The molecule has 0 aliphatic rings. The highest BCUT2D eigenvalue weighted by molar-refractivity contribution is 5.80. The second kappa shape index (κ2) is 4.99. The van der Waals surface area contributed by atoms with Gasteiger partial charge >= 0.3 is 6.18 Å². The van der Waals surface area contributed by atoms with Gasteiger partial charge in [0.2, 0.25) is 5.96 Å². The van der Waals surface area contributed by atoms with E-state index in [9.17, 15) is 13.2 Å². The van der Waals surface area contributed by atoms with Gasteiger partial charge in [0.1, 0.15) is 5.70 Å². The maximum atomic E-state index is 12.1. The quantitative estimate of drug-likeness (QED) is 0.276. The first-order valence-electron chi connectivity index (χ1n) is 4.05. The van der Waals surface area contributed by atoms with Crippen LogP contribution in [-0.4, -0.2) is 23.2 Å². The van der Waals surface area contributed by atoms with E-state index < -0.39 is 11.9 Å². The van der Waals surface area contributed by atoms with E-state index in [-0.39, 0.29) is 12.0 Å². The highest BCUT2D eigenvalue weighted by Crippen LogP contribution is 2.24. The number of alkyl halides is 3. The lowest BCUT2D eigenvalue weighted by atomic mass is 10.4. The van der Waals surface area contributed by atoms with Crippen molar-refractivity contribution in [2.24, 2.45) is 16.7 Å². The lowest BCUT2D eigenvalue weighted by Crippen LogP contribution is -2.52. The maximum Gasteiger partial charge on any atom is 0.432 e. The van der Waals surface area contributed by atoms with Crippen molar-refractivity contribution >= 4 is 5.96 Å². The Hall–Kier alpha value is -1.28. The summed E-state index contributed by atoms with van der Waals surface area (Å²) in [5, 5.41) is 0.969. The first kappa shape index (κ1) is 13.7. The molecule has 0 atom stereocenters. The molecule has 0 bridgehead atoms. The molecule has 88 valence electrons. The van der Waals surface area contributed by atoms with Gasteiger partial charge in [0.15, 0.2) is 0 Å². The van der Waals surface area contributed by atoms with Gasteiger partial charge in [0.05, 0.1) is 0 Å². The second-order valence-electron chi connectivity index (χ2n) is 3.03. The Labute approximate surface area is 85.6 Å². The molecule has 0 saturated heterocycles. The summed E-state index contributed by atoms with van der Waals surface area (Å²) in [5.41, 5.74) is 0.705. The second-order valence-corrected chi connectivity index (χ2v) is 3.03. The molecule has 5 N–H and O–H groups in total. The molecule has 0 rings (SSSR count). The van der Waals surface area contributed by atoms with E-state index in [1.807, 2.05) is 5.43 Å². The van der Waals surface area contributed by atoms with Crippen LogP contribution in [0.15, 0.2) is 17.3 Å². The molecule has 8 heteroatoms. The van der Waals surface area contributed by atoms with E-state index in [0.29, 0.717) is 0 Å². The maximum absolute atomic E-state index is 12.1. The number of nitrogens with one attached hydrogen (secondary N) is 1. The highest BCUT2D eigenvalue weighted by Gasteiger charge is 2.32. The normalized spacial score (nSPS) is 12.9. The van der Waals surface area contributed by atoms with Crippen LogP contribution in [0.1, 0.15) is 13.8 Å². The first-order valence-corrected chi connectivity index (χ1v) is 4.05. The molecule has 0 aromatic carbocycles. The number of guanidine groups is 1. The van der Waals surface area contributed by atoms with Crippen molar-refractivity contribution in [1.29, 1.82) is 0 Å². The molecule has 0 spiro atoms. The minimum absolute atomic E-state index is 0.249. The Balaban J connectivity index is 4.83. The van der Waals surface area contributed by atoms with E-state index in [4.69, 9.17) is 11.7 Å². The summed E-state index contributed by atoms with van der Waals surface area (Å²) < 4.78 is 36.2. The predicted octanol–water partition coefficient (Wildman–Crippen LogP) is 0.466. The largest absolute Gasteiger partial charge is 0.432 e. The molecule has 0 amide bonds. The van der Waals surface area contributed by atoms with Gasteiger partial charge in [-0.05, 0) is 13.8 Å². The summed E-state index contributed by atoms with van der Waals surface area (Å²) in [6.45, 7) is 6.10. The van der Waals surface area contributed by atoms with Gasteiger partial charge in [-0.2, -0.15) is 13.2 Å². The van der Waals surface area contributed by atoms with Crippen molar-refractivity contribution in [3.63, 3.8) is 0 Å². The highest BCUT2D eigenvalue weighted by atomic mass is 19.4. The number of aliphatic imine (C=N–C) groups is 1. The average molecular weight is 225 g/mol. The summed E-state index contributed by atoms with van der Waals surface area (Å²) >= 11 is 0. The Morgan fingerprint density at radius 3 is 2.20 bits per heavy atom. The predicted molar refractivity (Wildman–Crippen MR) is 51.1 cm³/mol. The van der Waals surface area contributed by atoms with Gasteiger partial charge in [-0.3, -0.25) is 10.4 Å². The number of hydrogen-bond acceptors (Lipinski definition) is 3. The van der Waals surface area contributed by atoms with Gasteiger partial charge in [-0.15, -0.1) is 0 Å². The zero-order valence-corrected chi connectivity index (χ0v) is 8.47. The van der Waals surface area contributed by atoms with Gasteiger partial charge in [-0.1, -0.05) is 6.58 Å². The topological polar surface area (TPSA) is 79.7 Å². The van der Waals surface area contributed by atoms with Crippen molar-refractivity contribution in [2.45, 2.75) is 26.1 Å². The molecule has 0 aromatic rings. The van der Waals surface area contributed by atoms with Crippen molar-refractivity contribution in [3.8, 4) is 0 Å². The Morgan fingerprint density at radius 2 is 1.93 bits per heavy atom. The van der Waals surface area contributed by atoms with Crippen LogP contribution < -0.4 is 17.1 Å². The van der Waals surface area contributed by atoms with E-state index in [1.165, 1.54) is 0 Å². The van der Waals surface area contributed by atoms with Gasteiger partial charge in [0, 0.05) is 6.04 Å². The van der Waals surface area contributed by atoms with E-state index >= 15 is 0 Å². The van der Waals surface area contributed by atoms with E-state index in [0.717, 1.165) is 5.01 Å². The molecule has 0 heterocycles. The summed E-state index contributed by atoms with van der Waals surface area (Å²) in [5.74, 6) is 10.1. The zero-order valence-electron chi connectivity index (χ0n) is 8.47. The minimum Gasteiger partial charge on any atom is -0.293 e. The fourth-order valence-corrected chi connectivity index (χ4v) is 0.600. The van der Waals surface area contributed by atoms with E-state index in [1.54, 1.807) is 13.8 Å². The minimum atomic E-state index is -4.60. The van der Waals surface area contributed by atoms with Crippen LogP contribution in [0.25, 0.3) is 0 Å². The Bertz CT molecular complexity index is 258. The molecule has 0 aromatic heterocycles. The standard InChI is InChI=1S/C7H14F3N5/c1-4(2)15(12)6(14-11)13-5(3)7(8,9)10/h4H,3,11-12H2,1-2H3,(H,13,14). The lowest BCUT2D eigenvalue weighted by Gasteiger charge is -2.24. The van der Waals surface area contributed by atoms with Crippen LogP contribution in [0, 0.1) is 0 Å². The summed E-state index contributed by atoms with van der Waals surface area (Å²) in [6, 6.07) is -0.249. The monoisotopic (exact) mass is 225 g/mol. The number of halogens is 3. The third kappa shape index (κ3) is 4.17. The Kier molecular flexibility index (Phi) is 4.56. The van der Waals surface area contributed by atoms with Crippen molar-refractivity contribution < 1.29 is 13.2 Å². The number of nitrogens with two attached hydrogens (primary N) is 2. The van der Waals surface area contributed by atoms with Crippen LogP contribution in [0.4, 0.5) is 13.2 Å². The van der Waals surface area contributed by atoms with Crippen LogP contribution >= 0.6 is 0 Å². The number of hydrogen-bond donors (Lipinski definition) is 3. The van der Waals surface area contributed by atoms with Crippen LogP contribution in [0.2, 0.25) is 0 Å². The summed E-state index contributed by atoms with van der Waals surface area (Å²) in [6.07, 6.45) is -4.60.